The fraction of sp³-hybridized carbons (Fsp3) is 0.200. The summed E-state index contributed by atoms with van der Waals surface area (Å²) in [5.74, 6) is 1.82. The summed E-state index contributed by atoms with van der Waals surface area (Å²) >= 11 is 1.69. The third kappa shape index (κ3) is 3.78. The molecule has 0 atom stereocenters. The van der Waals surface area contributed by atoms with Crippen molar-refractivity contribution in [3.05, 3.63) is 42.6 Å². The summed E-state index contributed by atoms with van der Waals surface area (Å²) in [5, 5.41) is 0. The number of rotatable bonds is 6. The molecule has 0 fully saturated rings. The molecule has 0 aliphatic carbocycles. The molecule has 1 heterocycles. The molecule has 0 radical (unpaired) electrons. The predicted octanol–water partition coefficient (Wildman–Crippen LogP) is 4.14. The number of nitrogens with zero attached hydrogens (tertiary/aromatic N) is 2. The maximum atomic E-state index is 5.87. The minimum atomic E-state index is 0.197. The Balaban J connectivity index is 2.20. The lowest BCUT2D eigenvalue weighted by atomic mass is 10.00. The van der Waals surface area contributed by atoms with Crippen molar-refractivity contribution in [3.8, 4) is 39.6 Å². The number of benzene rings is 2. The van der Waals surface area contributed by atoms with Crippen LogP contribution in [0, 0.1) is 0 Å². The maximum Gasteiger partial charge on any atom is 0.220 e. The van der Waals surface area contributed by atoms with Crippen LogP contribution in [-0.4, -0.2) is 37.6 Å². The van der Waals surface area contributed by atoms with Gasteiger partial charge in [-0.25, -0.2) is 9.97 Å². The Labute approximate surface area is 162 Å². The van der Waals surface area contributed by atoms with Crippen LogP contribution in [0.3, 0.4) is 0 Å². The summed E-state index contributed by atoms with van der Waals surface area (Å²) < 4.78 is 16.3. The quantitative estimate of drug-likeness (QED) is 0.641. The summed E-state index contributed by atoms with van der Waals surface area (Å²) in [6, 6.07) is 11.9. The van der Waals surface area contributed by atoms with Crippen LogP contribution in [0.5, 0.6) is 17.2 Å². The molecular weight excluding hydrogens is 362 g/mol. The van der Waals surface area contributed by atoms with Crippen LogP contribution in [0.1, 0.15) is 0 Å². The van der Waals surface area contributed by atoms with Gasteiger partial charge in [0.15, 0.2) is 11.5 Å². The lowest BCUT2D eigenvalue weighted by Crippen LogP contribution is -2.00. The Hall–Kier alpha value is -2.93. The molecule has 7 heteroatoms. The topological polar surface area (TPSA) is 79.5 Å². The van der Waals surface area contributed by atoms with Crippen molar-refractivity contribution in [2.75, 3.05) is 33.3 Å². The molecule has 0 saturated heterocycles. The second kappa shape index (κ2) is 8.18. The zero-order chi connectivity index (χ0) is 19.4. The second-order valence-electron chi connectivity index (χ2n) is 5.63. The number of methoxy groups -OCH3 is 3. The van der Waals surface area contributed by atoms with E-state index in [1.807, 2.05) is 30.5 Å². The molecule has 0 unspecified atom stereocenters. The van der Waals surface area contributed by atoms with Gasteiger partial charge < -0.3 is 19.9 Å². The fourth-order valence-corrected chi connectivity index (χ4v) is 3.22. The van der Waals surface area contributed by atoms with E-state index in [9.17, 15) is 0 Å². The molecule has 27 heavy (non-hydrogen) atoms. The summed E-state index contributed by atoms with van der Waals surface area (Å²) in [6.07, 6.45) is 3.78. The van der Waals surface area contributed by atoms with Crippen LogP contribution in [0.25, 0.3) is 22.4 Å². The largest absolute Gasteiger partial charge is 0.493 e. The molecule has 3 aromatic rings. The highest BCUT2D eigenvalue weighted by Gasteiger charge is 2.18. The molecule has 0 spiro atoms. The van der Waals surface area contributed by atoms with Crippen LogP contribution in [0.4, 0.5) is 5.95 Å². The number of hydrogen-bond donors (Lipinski definition) is 1. The first-order valence-corrected chi connectivity index (χ1v) is 9.41. The number of ether oxygens (including phenoxy) is 3. The second-order valence-corrected chi connectivity index (χ2v) is 6.51. The Kier molecular flexibility index (Phi) is 5.71. The molecule has 0 aliphatic heterocycles. The van der Waals surface area contributed by atoms with Crippen molar-refractivity contribution in [3.63, 3.8) is 0 Å². The van der Waals surface area contributed by atoms with E-state index >= 15 is 0 Å². The van der Waals surface area contributed by atoms with Gasteiger partial charge in [-0.3, -0.25) is 0 Å². The highest BCUT2D eigenvalue weighted by molar-refractivity contribution is 7.98. The number of hydrogen-bond acceptors (Lipinski definition) is 7. The van der Waals surface area contributed by atoms with Crippen molar-refractivity contribution in [1.82, 2.24) is 9.97 Å². The molecule has 0 aliphatic rings. The predicted molar refractivity (Wildman–Crippen MR) is 109 cm³/mol. The van der Waals surface area contributed by atoms with Crippen LogP contribution in [0.2, 0.25) is 0 Å². The summed E-state index contributed by atoms with van der Waals surface area (Å²) in [6.45, 7) is 0. The SMILES string of the molecule is COc1cc(-c2nc(N)ncc2-c2ccc(SC)cc2)cc(OC)c1OC. The zero-order valence-electron chi connectivity index (χ0n) is 15.6. The normalized spacial score (nSPS) is 10.5. The van der Waals surface area contributed by atoms with Gasteiger partial charge in [0.25, 0.3) is 0 Å². The van der Waals surface area contributed by atoms with Gasteiger partial charge in [0.05, 0.1) is 27.0 Å². The van der Waals surface area contributed by atoms with Gasteiger partial charge in [-0.15, -0.1) is 11.8 Å². The monoisotopic (exact) mass is 383 g/mol. The number of aromatic nitrogens is 2. The zero-order valence-corrected chi connectivity index (χ0v) is 16.5. The number of anilines is 1. The third-order valence-corrected chi connectivity index (χ3v) is 4.89. The Morgan fingerprint density at radius 2 is 1.52 bits per heavy atom. The standard InChI is InChI=1S/C20H21N3O3S/c1-24-16-9-13(10-17(25-2)19(16)26-3)18-15(11-22-20(21)23-18)12-5-7-14(27-4)8-6-12/h5-11H,1-4H3,(H2,21,22,23). The fourth-order valence-electron chi connectivity index (χ4n) is 2.82. The summed E-state index contributed by atoms with van der Waals surface area (Å²) in [7, 11) is 4.73. The van der Waals surface area contributed by atoms with Crippen molar-refractivity contribution < 1.29 is 14.2 Å². The molecule has 3 rings (SSSR count). The van der Waals surface area contributed by atoms with Crippen LogP contribution in [0.15, 0.2) is 47.5 Å². The first-order valence-electron chi connectivity index (χ1n) is 8.18. The van der Waals surface area contributed by atoms with Crippen LogP contribution >= 0.6 is 11.8 Å². The van der Waals surface area contributed by atoms with Crippen LogP contribution in [-0.2, 0) is 0 Å². The van der Waals surface area contributed by atoms with Crippen molar-refractivity contribution >= 4 is 17.7 Å². The van der Waals surface area contributed by atoms with Gasteiger partial charge in [-0.1, -0.05) is 12.1 Å². The first-order chi connectivity index (χ1) is 13.1. The summed E-state index contributed by atoms with van der Waals surface area (Å²) in [4.78, 5) is 9.84. The van der Waals surface area contributed by atoms with E-state index in [1.54, 1.807) is 39.3 Å². The van der Waals surface area contributed by atoms with Gasteiger partial charge in [0.1, 0.15) is 0 Å². The third-order valence-electron chi connectivity index (χ3n) is 4.15. The first kappa shape index (κ1) is 18.8. The average Bonchev–Trinajstić information content (AvgIpc) is 2.72. The Morgan fingerprint density at radius 3 is 2.04 bits per heavy atom. The molecule has 2 N–H and O–H groups in total. The minimum Gasteiger partial charge on any atom is -0.493 e. The van der Waals surface area contributed by atoms with E-state index in [4.69, 9.17) is 19.9 Å². The van der Waals surface area contributed by atoms with Gasteiger partial charge in [-0.05, 0) is 36.1 Å². The Bertz CT molecular complexity index is 921. The molecule has 0 amide bonds. The van der Waals surface area contributed by atoms with Gasteiger partial charge in [-0.2, -0.15) is 0 Å². The van der Waals surface area contributed by atoms with E-state index in [0.717, 1.165) is 16.7 Å². The van der Waals surface area contributed by atoms with E-state index < -0.39 is 0 Å². The van der Waals surface area contributed by atoms with E-state index in [-0.39, 0.29) is 5.95 Å². The molecule has 0 saturated carbocycles. The van der Waals surface area contributed by atoms with Gasteiger partial charge in [0, 0.05) is 22.2 Å². The minimum absolute atomic E-state index is 0.197. The van der Waals surface area contributed by atoms with Gasteiger partial charge in [0.2, 0.25) is 11.7 Å². The number of nitrogens with two attached hydrogens (primary N) is 1. The molecule has 1 aromatic heterocycles. The van der Waals surface area contributed by atoms with E-state index in [0.29, 0.717) is 22.9 Å². The van der Waals surface area contributed by atoms with Gasteiger partial charge >= 0.3 is 0 Å². The number of nitrogen functional groups attached to an aromatic ring is 1. The molecule has 140 valence electrons. The van der Waals surface area contributed by atoms with Crippen molar-refractivity contribution in [2.45, 2.75) is 4.90 Å². The summed E-state index contributed by atoms with van der Waals surface area (Å²) in [5.41, 5.74) is 9.22. The van der Waals surface area contributed by atoms with Crippen molar-refractivity contribution in [1.29, 1.82) is 0 Å². The van der Waals surface area contributed by atoms with Crippen LogP contribution < -0.4 is 19.9 Å². The number of thioether (sulfide) groups is 1. The molecule has 2 aromatic carbocycles. The molecule has 6 nitrogen and oxygen atoms in total. The van der Waals surface area contributed by atoms with E-state index in [1.165, 1.54) is 4.90 Å². The molecular formula is C20H21N3O3S. The van der Waals surface area contributed by atoms with Crippen molar-refractivity contribution in [2.24, 2.45) is 0 Å². The lowest BCUT2D eigenvalue weighted by Gasteiger charge is -2.15. The molecule has 0 bridgehead atoms. The maximum absolute atomic E-state index is 5.87. The Morgan fingerprint density at radius 1 is 0.889 bits per heavy atom. The van der Waals surface area contributed by atoms with E-state index in [2.05, 4.69) is 22.1 Å². The highest BCUT2D eigenvalue weighted by Crippen LogP contribution is 2.42. The smallest absolute Gasteiger partial charge is 0.220 e. The highest BCUT2D eigenvalue weighted by atomic mass is 32.2. The lowest BCUT2D eigenvalue weighted by molar-refractivity contribution is 0.324. The average molecular weight is 383 g/mol.